The van der Waals surface area contributed by atoms with Crippen LogP contribution in [-0.4, -0.2) is 28.5 Å². The predicted octanol–water partition coefficient (Wildman–Crippen LogP) is 2.25. The molecule has 17 heavy (non-hydrogen) atoms. The smallest absolute Gasteiger partial charge is 0.338 e. The number of hydrogen-bond acceptors (Lipinski definition) is 3. The van der Waals surface area contributed by atoms with Crippen molar-refractivity contribution in [3.8, 4) is 0 Å². The van der Waals surface area contributed by atoms with E-state index in [-0.39, 0.29) is 6.42 Å². The van der Waals surface area contributed by atoms with Crippen molar-refractivity contribution in [2.45, 2.75) is 18.2 Å². The summed E-state index contributed by atoms with van der Waals surface area (Å²) < 4.78 is 4.91. The maximum atomic E-state index is 11.6. The normalized spacial score (nSPS) is 11.9. The monoisotopic (exact) mass is 300 g/mol. The van der Waals surface area contributed by atoms with Crippen molar-refractivity contribution in [3.63, 3.8) is 0 Å². The molecular formula is C12H13BrO4. The number of carboxylic acid groups (broad SMARTS) is 1. The molecule has 4 nitrogen and oxygen atoms in total. The molecule has 0 amide bonds. The number of carbonyl (C=O) groups excluding carboxylic acids is 1. The molecule has 0 aliphatic heterocycles. The standard InChI is InChI=1S/C12H13BrO4/c1-2-17-12(16)9-6-4-3-5-8(9)7-10(13)11(14)15/h3-6,10H,2,7H2,1H3,(H,14,15). The molecule has 92 valence electrons. The molecule has 1 unspecified atom stereocenters. The van der Waals surface area contributed by atoms with Crippen LogP contribution in [0.15, 0.2) is 24.3 Å². The Morgan fingerprint density at radius 3 is 2.65 bits per heavy atom. The zero-order valence-electron chi connectivity index (χ0n) is 9.35. The fourth-order valence-corrected chi connectivity index (χ4v) is 1.74. The number of aliphatic carboxylic acids is 1. The summed E-state index contributed by atoms with van der Waals surface area (Å²) in [6.07, 6.45) is 0.240. The van der Waals surface area contributed by atoms with E-state index in [0.717, 1.165) is 0 Å². The highest BCUT2D eigenvalue weighted by Crippen LogP contribution is 2.16. The van der Waals surface area contributed by atoms with Crippen LogP contribution >= 0.6 is 15.9 Å². The second-order valence-corrected chi connectivity index (χ2v) is 4.49. The fourth-order valence-electron chi connectivity index (χ4n) is 1.39. The minimum atomic E-state index is -0.955. The van der Waals surface area contributed by atoms with E-state index in [1.54, 1.807) is 31.2 Å². The van der Waals surface area contributed by atoms with Crippen molar-refractivity contribution >= 4 is 27.9 Å². The van der Waals surface area contributed by atoms with Crippen molar-refractivity contribution in [2.75, 3.05) is 6.61 Å². The summed E-state index contributed by atoms with van der Waals surface area (Å²) in [7, 11) is 0. The van der Waals surface area contributed by atoms with Gasteiger partial charge in [0.2, 0.25) is 0 Å². The topological polar surface area (TPSA) is 63.6 Å². The summed E-state index contributed by atoms with van der Waals surface area (Å²) >= 11 is 3.05. The average molecular weight is 301 g/mol. The maximum Gasteiger partial charge on any atom is 0.338 e. The first kappa shape index (κ1) is 13.7. The second-order valence-electron chi connectivity index (χ2n) is 3.39. The highest BCUT2D eigenvalue weighted by Gasteiger charge is 2.18. The molecule has 0 heterocycles. The Bertz CT molecular complexity index is 417. The predicted molar refractivity (Wildman–Crippen MR) is 66.5 cm³/mol. The Morgan fingerprint density at radius 2 is 2.06 bits per heavy atom. The van der Waals surface area contributed by atoms with E-state index in [9.17, 15) is 9.59 Å². The van der Waals surface area contributed by atoms with Crippen molar-refractivity contribution in [1.29, 1.82) is 0 Å². The van der Waals surface area contributed by atoms with Gasteiger partial charge in [-0.3, -0.25) is 4.79 Å². The molecule has 0 bridgehead atoms. The van der Waals surface area contributed by atoms with E-state index in [0.29, 0.717) is 17.7 Å². The lowest BCUT2D eigenvalue weighted by Crippen LogP contribution is -2.18. The molecule has 0 fully saturated rings. The van der Waals surface area contributed by atoms with Crippen LogP contribution in [-0.2, 0) is 16.0 Å². The molecule has 1 aromatic carbocycles. The Labute approximate surface area is 108 Å². The molecule has 5 heteroatoms. The van der Waals surface area contributed by atoms with Crippen molar-refractivity contribution < 1.29 is 19.4 Å². The minimum absolute atomic E-state index is 0.240. The number of carbonyl (C=O) groups is 2. The Kier molecular flexibility index (Phi) is 5.15. The van der Waals surface area contributed by atoms with Gasteiger partial charge in [0, 0.05) is 0 Å². The van der Waals surface area contributed by atoms with Crippen LogP contribution in [0, 0.1) is 0 Å². The van der Waals surface area contributed by atoms with Crippen LogP contribution < -0.4 is 0 Å². The molecule has 0 aliphatic carbocycles. The molecular weight excluding hydrogens is 288 g/mol. The van der Waals surface area contributed by atoms with Gasteiger partial charge in [0.25, 0.3) is 0 Å². The lowest BCUT2D eigenvalue weighted by molar-refractivity contribution is -0.136. The number of halogens is 1. The summed E-state index contributed by atoms with van der Waals surface area (Å²) in [5.74, 6) is -1.38. The molecule has 0 saturated carbocycles. The summed E-state index contributed by atoms with van der Waals surface area (Å²) in [6, 6.07) is 6.84. The molecule has 1 rings (SSSR count). The van der Waals surface area contributed by atoms with E-state index in [1.165, 1.54) is 0 Å². The molecule has 0 saturated heterocycles. The van der Waals surface area contributed by atoms with Crippen LogP contribution in [0.25, 0.3) is 0 Å². The van der Waals surface area contributed by atoms with Gasteiger partial charge in [0.05, 0.1) is 12.2 Å². The summed E-state index contributed by atoms with van der Waals surface area (Å²) in [5, 5.41) is 8.81. The van der Waals surface area contributed by atoms with Gasteiger partial charge < -0.3 is 9.84 Å². The lowest BCUT2D eigenvalue weighted by atomic mass is 10.0. The molecule has 1 aromatic rings. The molecule has 0 aliphatic rings. The SMILES string of the molecule is CCOC(=O)c1ccccc1CC(Br)C(=O)O. The lowest BCUT2D eigenvalue weighted by Gasteiger charge is -2.10. The summed E-state index contributed by atoms with van der Waals surface area (Å²) in [4.78, 5) is 21.7. The summed E-state index contributed by atoms with van der Waals surface area (Å²) in [6.45, 7) is 2.02. The summed E-state index contributed by atoms with van der Waals surface area (Å²) in [5.41, 5.74) is 1.08. The highest BCUT2D eigenvalue weighted by atomic mass is 79.9. The number of carboxylic acids is 1. The Hall–Kier alpha value is -1.36. The van der Waals surface area contributed by atoms with Crippen LogP contribution in [0.5, 0.6) is 0 Å². The maximum absolute atomic E-state index is 11.6. The van der Waals surface area contributed by atoms with E-state index in [2.05, 4.69) is 15.9 Å². The zero-order valence-corrected chi connectivity index (χ0v) is 10.9. The number of ether oxygens (including phenoxy) is 1. The van der Waals surface area contributed by atoms with Gasteiger partial charge in [-0.15, -0.1) is 0 Å². The van der Waals surface area contributed by atoms with E-state index in [4.69, 9.17) is 9.84 Å². The third-order valence-electron chi connectivity index (χ3n) is 2.18. The number of alkyl halides is 1. The van der Waals surface area contributed by atoms with Gasteiger partial charge in [-0.05, 0) is 25.0 Å². The fraction of sp³-hybridized carbons (Fsp3) is 0.333. The van der Waals surface area contributed by atoms with Gasteiger partial charge in [-0.25, -0.2) is 4.79 Å². The first-order valence-electron chi connectivity index (χ1n) is 5.18. The Balaban J connectivity index is 2.91. The number of rotatable bonds is 5. The second kappa shape index (κ2) is 6.39. The van der Waals surface area contributed by atoms with Crippen LogP contribution in [0.2, 0.25) is 0 Å². The quantitative estimate of drug-likeness (QED) is 0.669. The van der Waals surface area contributed by atoms with Crippen molar-refractivity contribution in [1.82, 2.24) is 0 Å². The van der Waals surface area contributed by atoms with E-state index < -0.39 is 16.8 Å². The van der Waals surface area contributed by atoms with Crippen LogP contribution in [0.4, 0.5) is 0 Å². The number of benzene rings is 1. The molecule has 0 spiro atoms. The first-order chi connectivity index (χ1) is 8.06. The van der Waals surface area contributed by atoms with E-state index >= 15 is 0 Å². The zero-order chi connectivity index (χ0) is 12.8. The van der Waals surface area contributed by atoms with E-state index in [1.807, 2.05) is 0 Å². The molecule has 0 radical (unpaired) electrons. The average Bonchev–Trinajstić information content (AvgIpc) is 2.29. The first-order valence-corrected chi connectivity index (χ1v) is 6.09. The third kappa shape index (κ3) is 3.85. The van der Waals surface area contributed by atoms with Gasteiger partial charge in [0.1, 0.15) is 4.83 Å². The van der Waals surface area contributed by atoms with Gasteiger partial charge in [-0.2, -0.15) is 0 Å². The third-order valence-corrected chi connectivity index (χ3v) is 2.90. The van der Waals surface area contributed by atoms with Crippen molar-refractivity contribution in [2.24, 2.45) is 0 Å². The van der Waals surface area contributed by atoms with Gasteiger partial charge in [0.15, 0.2) is 0 Å². The molecule has 1 atom stereocenters. The molecule has 0 aromatic heterocycles. The van der Waals surface area contributed by atoms with Crippen LogP contribution in [0.1, 0.15) is 22.8 Å². The number of hydrogen-bond donors (Lipinski definition) is 1. The number of esters is 1. The van der Waals surface area contributed by atoms with Gasteiger partial charge in [-0.1, -0.05) is 34.1 Å². The van der Waals surface area contributed by atoms with Crippen LogP contribution in [0.3, 0.4) is 0 Å². The van der Waals surface area contributed by atoms with Crippen molar-refractivity contribution in [3.05, 3.63) is 35.4 Å². The van der Waals surface area contributed by atoms with Gasteiger partial charge >= 0.3 is 11.9 Å². The largest absolute Gasteiger partial charge is 0.480 e. The molecule has 1 N–H and O–H groups in total. The Morgan fingerprint density at radius 1 is 1.41 bits per heavy atom. The highest BCUT2D eigenvalue weighted by molar-refractivity contribution is 9.10. The minimum Gasteiger partial charge on any atom is -0.480 e.